The fraction of sp³-hybridized carbons (Fsp3) is 0.0909. The third kappa shape index (κ3) is 5.87. The molecular formula is C22H19ClN2O2S. The monoisotopic (exact) mass is 410 g/mol. The van der Waals surface area contributed by atoms with Crippen LogP contribution in [0.4, 0.5) is 11.4 Å². The number of benzene rings is 3. The largest absolute Gasteiger partial charge is 0.325 e. The molecule has 0 saturated carbocycles. The van der Waals surface area contributed by atoms with Gasteiger partial charge in [0.15, 0.2) is 0 Å². The molecule has 0 aliphatic carbocycles. The van der Waals surface area contributed by atoms with Gasteiger partial charge in [-0.2, -0.15) is 0 Å². The molecule has 4 nitrogen and oxygen atoms in total. The van der Waals surface area contributed by atoms with E-state index in [1.54, 1.807) is 30.3 Å². The number of rotatable bonds is 6. The molecule has 2 N–H and O–H groups in total. The second-order valence-corrected chi connectivity index (χ2v) is 7.68. The molecule has 0 heterocycles. The number of anilines is 2. The summed E-state index contributed by atoms with van der Waals surface area (Å²) in [6, 6.07) is 21.9. The van der Waals surface area contributed by atoms with Gasteiger partial charge in [0.1, 0.15) is 0 Å². The van der Waals surface area contributed by atoms with Gasteiger partial charge in [-0.1, -0.05) is 35.4 Å². The van der Waals surface area contributed by atoms with E-state index in [9.17, 15) is 9.59 Å². The van der Waals surface area contributed by atoms with E-state index >= 15 is 0 Å². The highest BCUT2D eigenvalue weighted by Crippen LogP contribution is 2.22. The molecule has 0 bridgehead atoms. The van der Waals surface area contributed by atoms with Gasteiger partial charge in [0.05, 0.1) is 5.75 Å². The van der Waals surface area contributed by atoms with Gasteiger partial charge in [0, 0.05) is 26.9 Å². The predicted molar refractivity (Wildman–Crippen MR) is 116 cm³/mol. The molecule has 0 unspecified atom stereocenters. The molecule has 142 valence electrons. The van der Waals surface area contributed by atoms with Crippen LogP contribution in [-0.2, 0) is 4.79 Å². The Kier molecular flexibility index (Phi) is 6.74. The highest BCUT2D eigenvalue weighted by atomic mass is 35.5. The van der Waals surface area contributed by atoms with Crippen LogP contribution in [-0.4, -0.2) is 17.6 Å². The first-order valence-corrected chi connectivity index (χ1v) is 10.0. The molecule has 6 heteroatoms. The molecule has 0 spiro atoms. The Morgan fingerprint density at radius 2 is 1.64 bits per heavy atom. The summed E-state index contributed by atoms with van der Waals surface area (Å²) in [7, 11) is 0. The quantitative estimate of drug-likeness (QED) is 0.517. The van der Waals surface area contributed by atoms with Crippen LogP contribution < -0.4 is 10.6 Å². The SMILES string of the molecule is Cc1cccc(C(=O)Nc2ccc(SCC(=O)Nc3cccc(Cl)c3)cc2)c1. The summed E-state index contributed by atoms with van der Waals surface area (Å²) in [5.74, 6) is 0.0238. The first-order valence-electron chi connectivity index (χ1n) is 8.66. The first-order chi connectivity index (χ1) is 13.5. The minimum Gasteiger partial charge on any atom is -0.325 e. The second kappa shape index (κ2) is 9.44. The molecule has 0 aromatic heterocycles. The van der Waals surface area contributed by atoms with Crippen LogP contribution in [0.2, 0.25) is 5.02 Å². The van der Waals surface area contributed by atoms with Crippen LogP contribution in [0.1, 0.15) is 15.9 Å². The van der Waals surface area contributed by atoms with Gasteiger partial charge in [-0.15, -0.1) is 11.8 Å². The van der Waals surface area contributed by atoms with Crippen molar-refractivity contribution in [1.29, 1.82) is 0 Å². The number of aryl methyl sites for hydroxylation is 1. The topological polar surface area (TPSA) is 58.2 Å². The van der Waals surface area contributed by atoms with Gasteiger partial charge in [-0.25, -0.2) is 0 Å². The highest BCUT2D eigenvalue weighted by molar-refractivity contribution is 8.00. The van der Waals surface area contributed by atoms with Gasteiger partial charge in [0.2, 0.25) is 5.91 Å². The van der Waals surface area contributed by atoms with Gasteiger partial charge < -0.3 is 10.6 Å². The first kappa shape index (κ1) is 20.0. The third-order valence-electron chi connectivity index (χ3n) is 3.87. The van der Waals surface area contributed by atoms with Gasteiger partial charge >= 0.3 is 0 Å². The lowest BCUT2D eigenvalue weighted by atomic mass is 10.1. The Labute approximate surface area is 173 Å². The van der Waals surface area contributed by atoms with E-state index in [2.05, 4.69) is 10.6 Å². The standard InChI is InChI=1S/C22H19ClN2O2S/c1-15-4-2-5-16(12-15)22(27)25-18-8-10-20(11-9-18)28-14-21(26)24-19-7-3-6-17(23)13-19/h2-13H,14H2,1H3,(H,24,26)(H,25,27). The lowest BCUT2D eigenvalue weighted by Gasteiger charge is -2.08. The summed E-state index contributed by atoms with van der Waals surface area (Å²) in [5, 5.41) is 6.26. The Bertz CT molecular complexity index is 990. The number of hydrogen-bond donors (Lipinski definition) is 2. The van der Waals surface area contributed by atoms with Crippen LogP contribution in [0, 0.1) is 6.92 Å². The van der Waals surface area contributed by atoms with E-state index in [4.69, 9.17) is 11.6 Å². The molecular weight excluding hydrogens is 392 g/mol. The number of thioether (sulfide) groups is 1. The molecule has 0 radical (unpaired) electrons. The molecule has 3 aromatic rings. The molecule has 2 amide bonds. The Balaban J connectivity index is 1.51. The van der Waals surface area contributed by atoms with Gasteiger partial charge in [0.25, 0.3) is 5.91 Å². The van der Waals surface area contributed by atoms with E-state index in [0.29, 0.717) is 22.0 Å². The number of nitrogens with one attached hydrogen (secondary N) is 2. The molecule has 3 aromatic carbocycles. The van der Waals surface area contributed by atoms with Crippen molar-refractivity contribution >= 4 is 46.6 Å². The maximum atomic E-state index is 12.3. The summed E-state index contributed by atoms with van der Waals surface area (Å²) in [6.45, 7) is 1.95. The fourth-order valence-corrected chi connectivity index (χ4v) is 3.42. The Morgan fingerprint density at radius 3 is 2.36 bits per heavy atom. The summed E-state index contributed by atoms with van der Waals surface area (Å²) in [4.78, 5) is 25.3. The highest BCUT2D eigenvalue weighted by Gasteiger charge is 2.07. The number of amides is 2. The number of hydrogen-bond acceptors (Lipinski definition) is 3. The molecule has 0 saturated heterocycles. The number of halogens is 1. The summed E-state index contributed by atoms with van der Waals surface area (Å²) >= 11 is 7.33. The van der Waals surface area contributed by atoms with Crippen LogP contribution in [0.25, 0.3) is 0 Å². The zero-order valence-electron chi connectivity index (χ0n) is 15.2. The summed E-state index contributed by atoms with van der Waals surface area (Å²) in [6.07, 6.45) is 0. The molecule has 3 rings (SSSR count). The lowest BCUT2D eigenvalue weighted by molar-refractivity contribution is -0.113. The van der Waals surface area contributed by atoms with Crippen LogP contribution >= 0.6 is 23.4 Å². The van der Waals surface area contributed by atoms with Crippen molar-refractivity contribution in [3.8, 4) is 0 Å². The Hall–Kier alpha value is -2.76. The van der Waals surface area contributed by atoms with Crippen molar-refractivity contribution in [2.75, 3.05) is 16.4 Å². The average molecular weight is 411 g/mol. The van der Waals surface area contributed by atoms with Crippen molar-refractivity contribution in [2.45, 2.75) is 11.8 Å². The smallest absolute Gasteiger partial charge is 0.255 e. The van der Waals surface area contributed by atoms with Crippen molar-refractivity contribution in [1.82, 2.24) is 0 Å². The van der Waals surface area contributed by atoms with E-state index in [-0.39, 0.29) is 17.6 Å². The van der Waals surface area contributed by atoms with E-state index in [1.807, 2.05) is 49.4 Å². The maximum Gasteiger partial charge on any atom is 0.255 e. The van der Waals surface area contributed by atoms with Crippen LogP contribution in [0.3, 0.4) is 0 Å². The van der Waals surface area contributed by atoms with Gasteiger partial charge in [-0.3, -0.25) is 9.59 Å². The zero-order chi connectivity index (χ0) is 19.9. The molecule has 0 atom stereocenters. The molecule has 0 aliphatic heterocycles. The average Bonchev–Trinajstić information content (AvgIpc) is 2.67. The van der Waals surface area contributed by atoms with E-state index in [0.717, 1.165) is 10.5 Å². The minimum atomic E-state index is -0.148. The summed E-state index contributed by atoms with van der Waals surface area (Å²) < 4.78 is 0. The van der Waals surface area contributed by atoms with Crippen molar-refractivity contribution < 1.29 is 9.59 Å². The normalized spacial score (nSPS) is 10.4. The van der Waals surface area contributed by atoms with Crippen molar-refractivity contribution in [3.05, 3.63) is 88.9 Å². The van der Waals surface area contributed by atoms with Crippen LogP contribution in [0.15, 0.2) is 77.7 Å². The number of carbonyl (C=O) groups excluding carboxylic acids is 2. The summed E-state index contributed by atoms with van der Waals surface area (Å²) in [5.41, 5.74) is 3.04. The molecule has 28 heavy (non-hydrogen) atoms. The van der Waals surface area contributed by atoms with Crippen LogP contribution in [0.5, 0.6) is 0 Å². The third-order valence-corrected chi connectivity index (χ3v) is 5.12. The maximum absolute atomic E-state index is 12.3. The van der Waals surface area contributed by atoms with Gasteiger partial charge in [-0.05, 0) is 61.5 Å². The second-order valence-electron chi connectivity index (χ2n) is 6.20. The predicted octanol–water partition coefficient (Wildman–Crippen LogP) is 5.63. The van der Waals surface area contributed by atoms with E-state index in [1.165, 1.54) is 11.8 Å². The molecule has 0 fully saturated rings. The lowest BCUT2D eigenvalue weighted by Crippen LogP contribution is -2.14. The van der Waals surface area contributed by atoms with Crippen molar-refractivity contribution in [3.63, 3.8) is 0 Å². The van der Waals surface area contributed by atoms with Crippen molar-refractivity contribution in [2.24, 2.45) is 0 Å². The van der Waals surface area contributed by atoms with E-state index < -0.39 is 0 Å². The molecule has 0 aliphatic rings. The Morgan fingerprint density at radius 1 is 0.893 bits per heavy atom. The minimum absolute atomic E-state index is 0.107. The zero-order valence-corrected chi connectivity index (χ0v) is 16.8. The number of carbonyl (C=O) groups is 2. The fourth-order valence-electron chi connectivity index (χ4n) is 2.54.